The number of hydrogen-bond acceptors (Lipinski definition) is 4. The zero-order valence-corrected chi connectivity index (χ0v) is 16.2. The number of benzene rings is 2. The molecule has 0 saturated heterocycles. The first-order valence-corrected chi connectivity index (χ1v) is 9.17. The molecule has 0 heterocycles. The molecular weight excluding hydrogens is 342 g/mol. The first-order chi connectivity index (χ1) is 13.1. The quantitative estimate of drug-likeness (QED) is 0.508. The van der Waals surface area contributed by atoms with Crippen molar-refractivity contribution in [3.05, 3.63) is 59.7 Å². The summed E-state index contributed by atoms with van der Waals surface area (Å²) >= 11 is 0. The Morgan fingerprint density at radius 2 is 1.67 bits per heavy atom. The Balaban J connectivity index is 1.81. The van der Waals surface area contributed by atoms with E-state index < -0.39 is 0 Å². The fourth-order valence-corrected chi connectivity index (χ4v) is 2.38. The van der Waals surface area contributed by atoms with Crippen molar-refractivity contribution in [2.45, 2.75) is 20.8 Å². The van der Waals surface area contributed by atoms with Crippen molar-refractivity contribution in [2.24, 2.45) is 0 Å². The maximum absolute atomic E-state index is 11.9. The lowest BCUT2D eigenvalue weighted by atomic mass is 10.2. The number of nitrogens with one attached hydrogen (secondary N) is 1. The molecular formula is C22H27NO4. The van der Waals surface area contributed by atoms with Crippen LogP contribution >= 0.6 is 0 Å². The summed E-state index contributed by atoms with van der Waals surface area (Å²) < 4.78 is 16.7. The van der Waals surface area contributed by atoms with Crippen LogP contribution in [0.25, 0.3) is 6.08 Å². The van der Waals surface area contributed by atoms with Gasteiger partial charge in [0.1, 0.15) is 12.4 Å². The summed E-state index contributed by atoms with van der Waals surface area (Å²) in [5.74, 6) is 2.00. The molecule has 0 spiro atoms. The van der Waals surface area contributed by atoms with Crippen LogP contribution in [0.5, 0.6) is 17.2 Å². The molecule has 2 aromatic rings. The van der Waals surface area contributed by atoms with Gasteiger partial charge in [0, 0.05) is 6.08 Å². The molecule has 2 rings (SSSR count). The second kappa shape index (κ2) is 10.9. The maximum Gasteiger partial charge on any atom is 0.244 e. The Morgan fingerprint density at radius 1 is 0.963 bits per heavy atom. The Kier molecular flexibility index (Phi) is 8.23. The number of carbonyl (C=O) groups is 1. The van der Waals surface area contributed by atoms with Gasteiger partial charge in [-0.3, -0.25) is 4.79 Å². The molecule has 1 amide bonds. The van der Waals surface area contributed by atoms with Crippen LogP contribution in [0.1, 0.15) is 25.0 Å². The first-order valence-electron chi connectivity index (χ1n) is 9.17. The smallest absolute Gasteiger partial charge is 0.244 e. The van der Waals surface area contributed by atoms with E-state index in [0.717, 1.165) is 11.3 Å². The second-order valence-electron chi connectivity index (χ2n) is 5.86. The van der Waals surface area contributed by atoms with Crippen molar-refractivity contribution >= 4 is 12.0 Å². The number of carbonyl (C=O) groups excluding carboxylic acids is 1. The zero-order chi connectivity index (χ0) is 19.5. The molecule has 0 bridgehead atoms. The van der Waals surface area contributed by atoms with Gasteiger partial charge in [-0.1, -0.05) is 23.8 Å². The second-order valence-corrected chi connectivity index (χ2v) is 5.86. The Hall–Kier alpha value is -2.95. The summed E-state index contributed by atoms with van der Waals surface area (Å²) in [5.41, 5.74) is 2.05. The van der Waals surface area contributed by atoms with Crippen molar-refractivity contribution in [1.29, 1.82) is 0 Å². The van der Waals surface area contributed by atoms with Crippen molar-refractivity contribution in [3.63, 3.8) is 0 Å². The van der Waals surface area contributed by atoms with Crippen LogP contribution in [-0.2, 0) is 4.79 Å². The highest BCUT2D eigenvalue weighted by Crippen LogP contribution is 2.28. The van der Waals surface area contributed by atoms with Gasteiger partial charge in [-0.05, 0) is 56.7 Å². The van der Waals surface area contributed by atoms with Gasteiger partial charge in [-0.15, -0.1) is 0 Å². The predicted molar refractivity (Wildman–Crippen MR) is 107 cm³/mol. The predicted octanol–water partition coefficient (Wildman–Crippen LogP) is 4.00. The van der Waals surface area contributed by atoms with Gasteiger partial charge in [0.25, 0.3) is 0 Å². The average Bonchev–Trinajstić information content (AvgIpc) is 2.67. The minimum atomic E-state index is -0.172. The fraction of sp³-hybridized carbons (Fsp3) is 0.318. The molecule has 0 aliphatic carbocycles. The van der Waals surface area contributed by atoms with Crippen LogP contribution in [0.15, 0.2) is 48.5 Å². The topological polar surface area (TPSA) is 56.8 Å². The average molecular weight is 369 g/mol. The molecule has 0 aromatic heterocycles. The number of ether oxygens (including phenoxy) is 3. The lowest BCUT2D eigenvalue weighted by Gasteiger charge is -2.11. The number of amides is 1. The van der Waals surface area contributed by atoms with Crippen LogP contribution in [0.2, 0.25) is 0 Å². The molecule has 0 radical (unpaired) electrons. The monoisotopic (exact) mass is 369 g/mol. The summed E-state index contributed by atoms with van der Waals surface area (Å²) in [7, 11) is 0. The molecule has 0 aliphatic heterocycles. The minimum absolute atomic E-state index is 0.172. The standard InChI is InChI=1S/C22H27NO4/c1-4-25-20-12-8-18(16-21(20)26-5-2)9-13-22(24)23-14-15-27-19-10-6-17(3)7-11-19/h6-13,16H,4-5,14-15H2,1-3H3,(H,23,24)/b13-9+. The Labute approximate surface area is 161 Å². The third-order valence-electron chi connectivity index (χ3n) is 3.69. The fourth-order valence-electron chi connectivity index (χ4n) is 2.38. The van der Waals surface area contributed by atoms with Gasteiger partial charge in [-0.25, -0.2) is 0 Å². The zero-order valence-electron chi connectivity index (χ0n) is 16.2. The summed E-state index contributed by atoms with van der Waals surface area (Å²) in [6.07, 6.45) is 3.24. The molecule has 0 fully saturated rings. The van der Waals surface area contributed by atoms with E-state index in [4.69, 9.17) is 14.2 Å². The van der Waals surface area contributed by atoms with Gasteiger partial charge < -0.3 is 19.5 Å². The molecule has 144 valence electrons. The van der Waals surface area contributed by atoms with Crippen molar-refractivity contribution in [1.82, 2.24) is 5.32 Å². The maximum atomic E-state index is 11.9. The van der Waals surface area contributed by atoms with E-state index in [1.165, 1.54) is 11.6 Å². The van der Waals surface area contributed by atoms with E-state index in [2.05, 4.69) is 5.32 Å². The van der Waals surface area contributed by atoms with Crippen LogP contribution in [0, 0.1) is 6.92 Å². The summed E-state index contributed by atoms with van der Waals surface area (Å²) in [6.45, 7) is 7.85. The van der Waals surface area contributed by atoms with E-state index in [9.17, 15) is 4.79 Å². The Morgan fingerprint density at radius 3 is 2.37 bits per heavy atom. The number of aryl methyl sites for hydroxylation is 1. The van der Waals surface area contributed by atoms with E-state index in [-0.39, 0.29) is 5.91 Å². The van der Waals surface area contributed by atoms with E-state index in [1.807, 2.05) is 63.2 Å². The molecule has 1 N–H and O–H groups in total. The third kappa shape index (κ3) is 7.05. The van der Waals surface area contributed by atoms with Gasteiger partial charge >= 0.3 is 0 Å². The Bertz CT molecular complexity index is 753. The highest BCUT2D eigenvalue weighted by molar-refractivity contribution is 5.91. The molecule has 0 aliphatic rings. The summed E-state index contributed by atoms with van der Waals surface area (Å²) in [6, 6.07) is 13.4. The van der Waals surface area contributed by atoms with Gasteiger partial charge in [-0.2, -0.15) is 0 Å². The normalized spacial score (nSPS) is 10.6. The molecule has 0 saturated carbocycles. The highest BCUT2D eigenvalue weighted by Gasteiger charge is 2.05. The van der Waals surface area contributed by atoms with Crippen LogP contribution in [0.4, 0.5) is 0 Å². The van der Waals surface area contributed by atoms with Gasteiger partial charge in [0.2, 0.25) is 5.91 Å². The van der Waals surface area contributed by atoms with Crippen molar-refractivity contribution in [2.75, 3.05) is 26.4 Å². The lowest BCUT2D eigenvalue weighted by molar-refractivity contribution is -0.116. The lowest BCUT2D eigenvalue weighted by Crippen LogP contribution is -2.26. The summed E-state index contributed by atoms with van der Waals surface area (Å²) in [4.78, 5) is 11.9. The van der Waals surface area contributed by atoms with Crippen LogP contribution < -0.4 is 19.5 Å². The highest BCUT2D eigenvalue weighted by atomic mass is 16.5. The van der Waals surface area contributed by atoms with E-state index >= 15 is 0 Å². The van der Waals surface area contributed by atoms with Crippen LogP contribution in [-0.4, -0.2) is 32.3 Å². The molecule has 0 atom stereocenters. The summed E-state index contributed by atoms with van der Waals surface area (Å²) in [5, 5.41) is 2.80. The van der Waals surface area contributed by atoms with E-state index in [1.54, 1.807) is 6.08 Å². The minimum Gasteiger partial charge on any atom is -0.492 e. The number of hydrogen-bond donors (Lipinski definition) is 1. The largest absolute Gasteiger partial charge is 0.492 e. The van der Waals surface area contributed by atoms with Crippen molar-refractivity contribution in [3.8, 4) is 17.2 Å². The molecule has 27 heavy (non-hydrogen) atoms. The molecule has 2 aromatic carbocycles. The third-order valence-corrected chi connectivity index (χ3v) is 3.69. The van der Waals surface area contributed by atoms with Crippen molar-refractivity contribution < 1.29 is 19.0 Å². The molecule has 5 heteroatoms. The van der Waals surface area contributed by atoms with Crippen LogP contribution in [0.3, 0.4) is 0 Å². The molecule has 0 unspecified atom stereocenters. The SMILES string of the molecule is CCOc1ccc(/C=C/C(=O)NCCOc2ccc(C)cc2)cc1OCC. The van der Waals surface area contributed by atoms with E-state index in [0.29, 0.717) is 37.9 Å². The van der Waals surface area contributed by atoms with Gasteiger partial charge in [0.05, 0.1) is 19.8 Å². The van der Waals surface area contributed by atoms with Gasteiger partial charge in [0.15, 0.2) is 11.5 Å². The first kappa shape index (κ1) is 20.4. The number of rotatable bonds is 10. The molecule has 5 nitrogen and oxygen atoms in total.